The normalized spacial score (nSPS) is 14.5. The van der Waals surface area contributed by atoms with Gasteiger partial charge in [-0.15, -0.1) is 0 Å². The molecule has 0 aromatic rings. The predicted molar refractivity (Wildman–Crippen MR) is 228 cm³/mol. The standard InChI is InChI=1S/C45H76NO7P/c1-3-5-7-9-11-13-15-17-19-21-22-23-24-26-28-30-32-34-36-38-45(47)53-44(43-52-54(48,49)51-41-39-46)42-50-40-37-35-33-31-29-27-25-20-18-16-14-12-10-8-6-4-2/h5,7,11-14,17-20,22-23,26,28,32,34,44H,3-4,6,8-10,15-16,21,24-25,27,29-31,33,35-43,46H2,1-2H3,(H,48,49)/b7-5-,13-11-,14-12-,19-17-,20-18-,23-22-,28-26-,34-32-. The smallest absolute Gasteiger partial charge is 0.457 e. The molecule has 9 heteroatoms. The first kappa shape index (κ1) is 51.4. The van der Waals surface area contributed by atoms with Crippen molar-refractivity contribution in [3.05, 3.63) is 97.2 Å². The molecule has 0 amide bonds. The molecule has 0 saturated heterocycles. The Kier molecular flexibility index (Phi) is 39.6. The zero-order chi connectivity index (χ0) is 39.5. The largest absolute Gasteiger partial charge is 0.472 e. The van der Waals surface area contributed by atoms with Crippen LogP contribution >= 0.6 is 7.82 Å². The summed E-state index contributed by atoms with van der Waals surface area (Å²) in [6, 6.07) is 0. The quantitative estimate of drug-likeness (QED) is 0.0276. The van der Waals surface area contributed by atoms with Crippen LogP contribution in [0, 0.1) is 0 Å². The van der Waals surface area contributed by atoms with Gasteiger partial charge in [-0.25, -0.2) is 4.57 Å². The van der Waals surface area contributed by atoms with Gasteiger partial charge in [0.15, 0.2) is 0 Å². The number of carbonyl (C=O) groups excluding carboxylic acids is 1. The Morgan fingerprint density at radius 2 is 1.04 bits per heavy atom. The highest BCUT2D eigenvalue weighted by Gasteiger charge is 2.25. The number of ether oxygens (including phenoxy) is 2. The van der Waals surface area contributed by atoms with Crippen molar-refractivity contribution >= 4 is 13.8 Å². The van der Waals surface area contributed by atoms with Crippen molar-refractivity contribution in [2.24, 2.45) is 5.73 Å². The van der Waals surface area contributed by atoms with Crippen LogP contribution in [0.5, 0.6) is 0 Å². The second-order valence-corrected chi connectivity index (χ2v) is 14.6. The molecule has 0 radical (unpaired) electrons. The summed E-state index contributed by atoms with van der Waals surface area (Å²) in [5.41, 5.74) is 5.36. The van der Waals surface area contributed by atoms with Crippen LogP contribution in [0.2, 0.25) is 0 Å². The summed E-state index contributed by atoms with van der Waals surface area (Å²) in [6.45, 7) is 4.62. The van der Waals surface area contributed by atoms with Crippen LogP contribution in [-0.4, -0.2) is 49.9 Å². The van der Waals surface area contributed by atoms with Gasteiger partial charge in [-0.2, -0.15) is 0 Å². The Morgan fingerprint density at radius 1 is 0.574 bits per heavy atom. The molecule has 54 heavy (non-hydrogen) atoms. The number of carbonyl (C=O) groups is 1. The fourth-order valence-corrected chi connectivity index (χ4v) is 5.76. The summed E-state index contributed by atoms with van der Waals surface area (Å²) >= 11 is 0. The van der Waals surface area contributed by atoms with Crippen LogP contribution in [0.25, 0.3) is 0 Å². The molecule has 0 heterocycles. The fourth-order valence-electron chi connectivity index (χ4n) is 4.99. The van der Waals surface area contributed by atoms with Crippen molar-refractivity contribution in [2.75, 3.05) is 33.0 Å². The van der Waals surface area contributed by atoms with E-state index in [0.29, 0.717) is 13.0 Å². The van der Waals surface area contributed by atoms with Gasteiger partial charge in [0.05, 0.1) is 19.8 Å². The van der Waals surface area contributed by atoms with Gasteiger partial charge in [0.25, 0.3) is 0 Å². The average Bonchev–Trinajstić information content (AvgIpc) is 3.16. The summed E-state index contributed by atoms with van der Waals surface area (Å²) in [6.07, 6.45) is 54.4. The Labute approximate surface area is 330 Å². The zero-order valence-corrected chi connectivity index (χ0v) is 34.8. The van der Waals surface area contributed by atoms with Gasteiger partial charge in [0.2, 0.25) is 0 Å². The molecular formula is C45H76NO7P. The maximum Gasteiger partial charge on any atom is 0.472 e. The molecule has 308 valence electrons. The fraction of sp³-hybridized carbons (Fsp3) is 0.622. The highest BCUT2D eigenvalue weighted by Crippen LogP contribution is 2.43. The number of hydrogen-bond acceptors (Lipinski definition) is 7. The maximum absolute atomic E-state index is 12.5. The third kappa shape index (κ3) is 40.6. The van der Waals surface area contributed by atoms with Crippen molar-refractivity contribution in [1.29, 1.82) is 0 Å². The van der Waals surface area contributed by atoms with Gasteiger partial charge in [0, 0.05) is 19.6 Å². The molecule has 0 aliphatic carbocycles. The van der Waals surface area contributed by atoms with Crippen LogP contribution in [0.3, 0.4) is 0 Å². The number of allylic oxidation sites excluding steroid dienone is 16. The van der Waals surface area contributed by atoms with Crippen molar-refractivity contribution in [2.45, 2.75) is 148 Å². The maximum atomic E-state index is 12.5. The number of rotatable bonds is 38. The molecule has 0 saturated carbocycles. The van der Waals surface area contributed by atoms with Gasteiger partial charge in [0.1, 0.15) is 6.10 Å². The van der Waals surface area contributed by atoms with E-state index in [1.807, 2.05) is 12.2 Å². The van der Waals surface area contributed by atoms with Crippen LogP contribution in [0.1, 0.15) is 142 Å². The number of unbranched alkanes of at least 4 members (excludes halogenated alkanes) is 9. The van der Waals surface area contributed by atoms with E-state index in [2.05, 4.69) is 98.9 Å². The molecule has 3 N–H and O–H groups in total. The highest BCUT2D eigenvalue weighted by molar-refractivity contribution is 7.47. The molecule has 0 aromatic carbocycles. The molecule has 0 fully saturated rings. The van der Waals surface area contributed by atoms with E-state index in [9.17, 15) is 14.3 Å². The molecule has 2 unspecified atom stereocenters. The van der Waals surface area contributed by atoms with Gasteiger partial charge in [-0.1, -0.05) is 150 Å². The lowest BCUT2D eigenvalue weighted by Gasteiger charge is -2.19. The molecule has 0 spiro atoms. The minimum atomic E-state index is -4.30. The Hall–Kier alpha value is -2.58. The summed E-state index contributed by atoms with van der Waals surface area (Å²) in [4.78, 5) is 22.4. The van der Waals surface area contributed by atoms with Crippen molar-refractivity contribution in [3.63, 3.8) is 0 Å². The molecule has 0 aliphatic heterocycles. The number of phosphoric acid groups is 1. The van der Waals surface area contributed by atoms with Crippen LogP contribution < -0.4 is 5.73 Å². The second kappa shape index (κ2) is 41.6. The van der Waals surface area contributed by atoms with Gasteiger partial charge >= 0.3 is 13.8 Å². The van der Waals surface area contributed by atoms with Gasteiger partial charge in [-0.05, 0) is 83.5 Å². The predicted octanol–water partition coefficient (Wildman–Crippen LogP) is 12.3. The summed E-state index contributed by atoms with van der Waals surface area (Å²) < 4.78 is 33.3. The summed E-state index contributed by atoms with van der Waals surface area (Å²) in [7, 11) is -4.30. The first-order chi connectivity index (χ1) is 26.4. The number of phosphoric ester groups is 1. The first-order valence-electron chi connectivity index (χ1n) is 20.7. The molecule has 0 aliphatic rings. The zero-order valence-electron chi connectivity index (χ0n) is 33.9. The van der Waals surface area contributed by atoms with Gasteiger partial charge in [-0.3, -0.25) is 13.8 Å². The van der Waals surface area contributed by atoms with Crippen molar-refractivity contribution in [3.8, 4) is 0 Å². The molecule has 0 rings (SSSR count). The van der Waals surface area contributed by atoms with Crippen molar-refractivity contribution < 1.29 is 32.8 Å². The van der Waals surface area contributed by atoms with E-state index in [0.717, 1.165) is 70.6 Å². The molecule has 2 atom stereocenters. The van der Waals surface area contributed by atoms with E-state index >= 15 is 0 Å². The van der Waals surface area contributed by atoms with Crippen LogP contribution in [-0.2, 0) is 27.9 Å². The SMILES string of the molecule is CC/C=C\C/C=C\C/C=C\C/C=C\C/C=C\C/C=C\CCC(=O)OC(COCCCCCCCC/C=C\C/C=C\CCCCC)COP(=O)(O)OCCN. The lowest BCUT2D eigenvalue weighted by atomic mass is 10.1. The average molecular weight is 774 g/mol. The van der Waals surface area contributed by atoms with E-state index in [1.165, 1.54) is 44.9 Å². The second-order valence-electron chi connectivity index (χ2n) is 13.1. The monoisotopic (exact) mass is 774 g/mol. The van der Waals surface area contributed by atoms with E-state index in [1.54, 1.807) is 0 Å². The van der Waals surface area contributed by atoms with E-state index in [-0.39, 0.29) is 32.8 Å². The third-order valence-electron chi connectivity index (χ3n) is 8.00. The van der Waals surface area contributed by atoms with Crippen molar-refractivity contribution in [1.82, 2.24) is 0 Å². The Bertz CT molecular complexity index is 1140. The number of nitrogens with two attached hydrogens (primary N) is 1. The minimum Gasteiger partial charge on any atom is -0.457 e. The minimum absolute atomic E-state index is 0.0722. The van der Waals surface area contributed by atoms with Crippen LogP contribution in [0.4, 0.5) is 0 Å². The summed E-state index contributed by atoms with van der Waals surface area (Å²) in [5, 5.41) is 0. The van der Waals surface area contributed by atoms with Crippen LogP contribution in [0.15, 0.2) is 97.2 Å². The van der Waals surface area contributed by atoms with Gasteiger partial charge < -0.3 is 20.1 Å². The van der Waals surface area contributed by atoms with E-state index < -0.39 is 19.9 Å². The topological polar surface area (TPSA) is 117 Å². The number of esters is 1. The third-order valence-corrected chi connectivity index (χ3v) is 8.98. The molecule has 0 bridgehead atoms. The number of hydrogen-bond donors (Lipinski definition) is 2. The summed E-state index contributed by atoms with van der Waals surface area (Å²) in [5.74, 6) is -0.420. The Balaban J connectivity index is 4.24. The molecule has 8 nitrogen and oxygen atoms in total. The molecule has 0 aromatic heterocycles. The lowest BCUT2D eigenvalue weighted by molar-refractivity contribution is -0.154. The highest BCUT2D eigenvalue weighted by atomic mass is 31.2. The lowest BCUT2D eigenvalue weighted by Crippen LogP contribution is -2.28. The first-order valence-corrected chi connectivity index (χ1v) is 22.2. The molecular weight excluding hydrogens is 697 g/mol. The van der Waals surface area contributed by atoms with E-state index in [4.69, 9.17) is 24.3 Å². The Morgan fingerprint density at radius 3 is 1.56 bits per heavy atom.